The number of carbonyl (C=O) groups is 2. The first-order valence-corrected chi connectivity index (χ1v) is 12.6. The first kappa shape index (κ1) is 24.6. The highest BCUT2D eigenvalue weighted by molar-refractivity contribution is 6.51. The molecule has 3 aromatic rings. The molecular formula is C31H31NO5. The van der Waals surface area contributed by atoms with Gasteiger partial charge in [0.1, 0.15) is 23.4 Å². The van der Waals surface area contributed by atoms with E-state index in [1.54, 1.807) is 18.2 Å². The number of rotatable bonds is 6. The van der Waals surface area contributed by atoms with Gasteiger partial charge in [0.05, 0.1) is 18.2 Å². The van der Waals surface area contributed by atoms with Crippen molar-refractivity contribution in [2.24, 2.45) is 5.92 Å². The summed E-state index contributed by atoms with van der Waals surface area (Å²) in [5.74, 6) is 0.287. The van der Waals surface area contributed by atoms with Crippen molar-refractivity contribution in [3.05, 3.63) is 94.6 Å². The molecule has 0 saturated carbocycles. The van der Waals surface area contributed by atoms with Crippen LogP contribution in [0.1, 0.15) is 49.1 Å². The summed E-state index contributed by atoms with van der Waals surface area (Å²) in [5, 5.41) is 11.5. The number of ether oxygens (including phenoxy) is 2. The first-order valence-electron chi connectivity index (χ1n) is 12.6. The molecule has 1 amide bonds. The number of ketones is 1. The second-order valence-corrected chi connectivity index (χ2v) is 10.2. The zero-order valence-corrected chi connectivity index (χ0v) is 21.5. The number of fused-ring (bicyclic) bond motifs is 1. The van der Waals surface area contributed by atoms with E-state index in [1.807, 2.05) is 62.4 Å². The Bertz CT molecular complexity index is 1390. The molecule has 0 aromatic heterocycles. The normalized spacial score (nSPS) is 20.3. The maximum absolute atomic E-state index is 13.4. The zero-order valence-electron chi connectivity index (χ0n) is 21.5. The third-order valence-electron chi connectivity index (χ3n) is 6.67. The summed E-state index contributed by atoms with van der Waals surface area (Å²) in [7, 11) is 0. The van der Waals surface area contributed by atoms with Gasteiger partial charge < -0.3 is 14.6 Å². The Kier molecular flexibility index (Phi) is 6.50. The number of hydrogen-bond acceptors (Lipinski definition) is 5. The van der Waals surface area contributed by atoms with Gasteiger partial charge in [0.25, 0.3) is 11.7 Å². The molecule has 2 heterocycles. The average molecular weight is 498 g/mol. The van der Waals surface area contributed by atoms with Crippen LogP contribution in [0.3, 0.4) is 0 Å². The molecule has 2 aliphatic heterocycles. The molecule has 190 valence electrons. The largest absolute Gasteiger partial charge is 0.507 e. The van der Waals surface area contributed by atoms with Gasteiger partial charge in [-0.15, -0.1) is 0 Å². The molecular weight excluding hydrogens is 466 g/mol. The molecule has 1 fully saturated rings. The third kappa shape index (κ3) is 4.71. The number of aliphatic hydroxyl groups is 1. The van der Waals surface area contributed by atoms with E-state index in [2.05, 4.69) is 13.8 Å². The van der Waals surface area contributed by atoms with Crippen molar-refractivity contribution >= 4 is 23.1 Å². The summed E-state index contributed by atoms with van der Waals surface area (Å²) in [4.78, 5) is 28.3. The lowest BCUT2D eigenvalue weighted by Crippen LogP contribution is -2.29. The van der Waals surface area contributed by atoms with E-state index in [0.29, 0.717) is 35.1 Å². The fraction of sp³-hybridized carbons (Fsp3) is 0.290. The van der Waals surface area contributed by atoms with Crippen LogP contribution in [0.25, 0.3) is 5.76 Å². The third-order valence-corrected chi connectivity index (χ3v) is 6.67. The molecule has 6 heteroatoms. The Morgan fingerprint density at radius 3 is 2.54 bits per heavy atom. The van der Waals surface area contributed by atoms with E-state index in [0.717, 1.165) is 23.3 Å². The molecule has 2 atom stereocenters. The number of amides is 1. The number of nitrogens with zero attached hydrogens (tertiary/aromatic N) is 1. The predicted molar refractivity (Wildman–Crippen MR) is 143 cm³/mol. The minimum absolute atomic E-state index is 0.0516. The summed E-state index contributed by atoms with van der Waals surface area (Å²) in [6, 6.07) is 19.4. The molecule has 2 aliphatic rings. The molecule has 5 rings (SSSR count). The average Bonchev–Trinajstić information content (AvgIpc) is 3.38. The van der Waals surface area contributed by atoms with Crippen LogP contribution < -0.4 is 14.4 Å². The summed E-state index contributed by atoms with van der Waals surface area (Å²) in [6.07, 6.45) is 0.769. The van der Waals surface area contributed by atoms with Crippen LogP contribution in [0, 0.1) is 12.8 Å². The molecule has 2 unspecified atom stereocenters. The van der Waals surface area contributed by atoms with Crippen molar-refractivity contribution in [2.75, 3.05) is 11.5 Å². The number of carbonyl (C=O) groups excluding carboxylic acids is 2. The van der Waals surface area contributed by atoms with Crippen LogP contribution in [-0.2, 0) is 16.0 Å². The Labute approximate surface area is 217 Å². The number of aliphatic hydroxyl groups excluding tert-OH is 1. The molecule has 6 nitrogen and oxygen atoms in total. The smallest absolute Gasteiger partial charge is 0.300 e. The lowest BCUT2D eigenvalue weighted by molar-refractivity contribution is -0.132. The van der Waals surface area contributed by atoms with Crippen molar-refractivity contribution in [1.29, 1.82) is 0 Å². The van der Waals surface area contributed by atoms with E-state index in [9.17, 15) is 14.7 Å². The summed E-state index contributed by atoms with van der Waals surface area (Å²) < 4.78 is 11.6. The van der Waals surface area contributed by atoms with E-state index in [1.165, 1.54) is 4.90 Å². The predicted octanol–water partition coefficient (Wildman–Crippen LogP) is 5.98. The highest BCUT2D eigenvalue weighted by Gasteiger charge is 2.47. The van der Waals surface area contributed by atoms with E-state index in [-0.39, 0.29) is 17.4 Å². The maximum Gasteiger partial charge on any atom is 0.300 e. The Hall–Kier alpha value is -4.06. The number of benzene rings is 3. The van der Waals surface area contributed by atoms with Crippen LogP contribution in [0.5, 0.6) is 11.5 Å². The molecule has 1 N–H and O–H groups in total. The van der Waals surface area contributed by atoms with Gasteiger partial charge in [0.15, 0.2) is 0 Å². The Morgan fingerprint density at radius 1 is 1.08 bits per heavy atom. The second kappa shape index (κ2) is 9.77. The van der Waals surface area contributed by atoms with Crippen LogP contribution >= 0.6 is 0 Å². The van der Waals surface area contributed by atoms with Gasteiger partial charge >= 0.3 is 0 Å². The van der Waals surface area contributed by atoms with E-state index in [4.69, 9.17) is 9.47 Å². The molecule has 0 bridgehead atoms. The maximum atomic E-state index is 13.4. The molecule has 0 aliphatic carbocycles. The second-order valence-electron chi connectivity index (χ2n) is 10.2. The van der Waals surface area contributed by atoms with Crippen molar-refractivity contribution in [2.45, 2.75) is 46.3 Å². The highest BCUT2D eigenvalue weighted by Crippen LogP contribution is 2.43. The fourth-order valence-electron chi connectivity index (χ4n) is 4.93. The van der Waals surface area contributed by atoms with Gasteiger partial charge in [-0.1, -0.05) is 38.1 Å². The van der Waals surface area contributed by atoms with Gasteiger partial charge in [-0.05, 0) is 78.9 Å². The standard InChI is InChI=1S/C31H31NO5/c1-18(2)17-36-25-11-8-21(9-12-25)28-27(29(33)22-10-13-26-23(16-22)15-20(4)37-26)30(34)31(35)32(28)24-7-5-6-19(3)14-24/h5-14,16,18,20,28,33H,15,17H2,1-4H3/b29-27-. The van der Waals surface area contributed by atoms with Crippen LogP contribution in [0.4, 0.5) is 5.69 Å². The SMILES string of the molecule is Cc1cccc(N2C(=O)C(=O)/C(=C(\O)c3ccc4c(c3)CC(C)O4)C2c2ccc(OCC(C)C)cc2)c1. The number of Topliss-reactive ketones (excluding diaryl/α,β-unsaturated/α-hetero) is 1. The minimum atomic E-state index is -0.788. The first-order chi connectivity index (χ1) is 17.7. The molecule has 1 saturated heterocycles. The Balaban J connectivity index is 1.62. The highest BCUT2D eigenvalue weighted by atomic mass is 16.5. The lowest BCUT2D eigenvalue weighted by atomic mass is 9.94. The van der Waals surface area contributed by atoms with Crippen molar-refractivity contribution in [3.8, 4) is 11.5 Å². The molecule has 0 radical (unpaired) electrons. The van der Waals surface area contributed by atoms with Crippen molar-refractivity contribution in [3.63, 3.8) is 0 Å². The molecule has 37 heavy (non-hydrogen) atoms. The quantitative estimate of drug-likeness (QED) is 0.258. The van der Waals surface area contributed by atoms with Crippen LogP contribution in [0.2, 0.25) is 0 Å². The topological polar surface area (TPSA) is 76.1 Å². The fourth-order valence-corrected chi connectivity index (χ4v) is 4.93. The van der Waals surface area contributed by atoms with E-state index >= 15 is 0 Å². The lowest BCUT2D eigenvalue weighted by Gasteiger charge is -2.26. The molecule has 3 aromatic carbocycles. The van der Waals surface area contributed by atoms with Crippen LogP contribution in [-0.4, -0.2) is 29.5 Å². The van der Waals surface area contributed by atoms with E-state index < -0.39 is 17.7 Å². The van der Waals surface area contributed by atoms with Crippen molar-refractivity contribution < 1.29 is 24.2 Å². The van der Waals surface area contributed by atoms with Gasteiger partial charge in [-0.25, -0.2) is 0 Å². The Morgan fingerprint density at radius 2 is 1.84 bits per heavy atom. The number of aryl methyl sites for hydroxylation is 1. The van der Waals surface area contributed by atoms with Gasteiger partial charge in [-0.3, -0.25) is 14.5 Å². The van der Waals surface area contributed by atoms with Crippen LogP contribution in [0.15, 0.2) is 72.3 Å². The summed E-state index contributed by atoms with van der Waals surface area (Å²) >= 11 is 0. The van der Waals surface area contributed by atoms with Gasteiger partial charge in [0.2, 0.25) is 0 Å². The van der Waals surface area contributed by atoms with Gasteiger partial charge in [-0.2, -0.15) is 0 Å². The van der Waals surface area contributed by atoms with Crippen molar-refractivity contribution in [1.82, 2.24) is 0 Å². The number of anilines is 1. The number of hydrogen-bond donors (Lipinski definition) is 1. The summed E-state index contributed by atoms with van der Waals surface area (Å²) in [6.45, 7) is 8.66. The van der Waals surface area contributed by atoms with Gasteiger partial charge in [0, 0.05) is 17.7 Å². The monoisotopic (exact) mass is 497 g/mol. The molecule has 0 spiro atoms. The zero-order chi connectivity index (χ0) is 26.3. The minimum Gasteiger partial charge on any atom is -0.507 e. The summed E-state index contributed by atoms with van der Waals surface area (Å²) in [5.41, 5.74) is 3.78.